The average molecular weight is 266 g/mol. The maximum Gasteiger partial charge on any atom is 0.139 e. The molecule has 6 heteroatoms. The number of aliphatic hydroxyl groups excluding tert-OH is 1. The largest absolute Gasteiger partial charge is 0.394 e. The molecule has 1 aromatic heterocycles. The zero-order chi connectivity index (χ0) is 13.5. The number of piperidine rings is 1. The third-order valence-electron chi connectivity index (χ3n) is 3.36. The normalized spacial score (nSPS) is 17.6. The minimum absolute atomic E-state index is 0.105. The van der Waals surface area contributed by atoms with Gasteiger partial charge < -0.3 is 15.3 Å². The maximum absolute atomic E-state index is 8.73. The Balaban J connectivity index is 1.75. The molecule has 2 rings (SSSR count). The van der Waals surface area contributed by atoms with E-state index in [0.29, 0.717) is 18.5 Å². The fourth-order valence-corrected chi connectivity index (χ4v) is 2.32. The van der Waals surface area contributed by atoms with Crippen LogP contribution in [0.3, 0.4) is 0 Å². The summed E-state index contributed by atoms with van der Waals surface area (Å²) in [4.78, 5) is 6.60. The summed E-state index contributed by atoms with van der Waals surface area (Å²) in [6.45, 7) is 3.50. The van der Waals surface area contributed by atoms with Crippen molar-refractivity contribution in [3.05, 3.63) is 23.9 Å². The van der Waals surface area contributed by atoms with E-state index in [4.69, 9.17) is 15.7 Å². The van der Waals surface area contributed by atoms with Crippen LogP contribution >= 0.6 is 0 Å². The van der Waals surface area contributed by atoms with Crippen LogP contribution in [-0.2, 0) is 11.3 Å². The van der Waals surface area contributed by atoms with Gasteiger partial charge in [-0.15, -0.1) is 0 Å². The highest BCUT2D eigenvalue weighted by Crippen LogP contribution is 2.16. The maximum atomic E-state index is 8.73. The number of hydrogen-bond donors (Lipinski definition) is 3. The number of pyridine rings is 1. The predicted molar refractivity (Wildman–Crippen MR) is 73.4 cm³/mol. The van der Waals surface area contributed by atoms with E-state index in [-0.39, 0.29) is 6.61 Å². The van der Waals surface area contributed by atoms with Crippen LogP contribution in [0.5, 0.6) is 0 Å². The second-order valence-corrected chi connectivity index (χ2v) is 4.77. The second-order valence-electron chi connectivity index (χ2n) is 4.77. The Kier molecular flexibility index (Phi) is 5.53. The molecule has 1 aromatic rings. The molecule has 0 bridgehead atoms. The summed E-state index contributed by atoms with van der Waals surface area (Å²) >= 11 is 0. The lowest BCUT2D eigenvalue weighted by Crippen LogP contribution is -2.36. The number of aromatic nitrogens is 1. The molecule has 1 aliphatic rings. The van der Waals surface area contributed by atoms with E-state index in [0.717, 1.165) is 32.5 Å². The van der Waals surface area contributed by atoms with Crippen molar-refractivity contribution in [1.29, 1.82) is 0 Å². The van der Waals surface area contributed by atoms with Crippen molar-refractivity contribution in [3.63, 3.8) is 0 Å². The Morgan fingerprint density at radius 1 is 1.42 bits per heavy atom. The van der Waals surface area contributed by atoms with E-state index < -0.39 is 0 Å². The van der Waals surface area contributed by atoms with Crippen LogP contribution in [0.2, 0.25) is 0 Å². The lowest BCUT2D eigenvalue weighted by atomic mass is 10.1. The van der Waals surface area contributed by atoms with Gasteiger partial charge in [0.1, 0.15) is 5.82 Å². The summed E-state index contributed by atoms with van der Waals surface area (Å²) in [5.74, 6) is 5.97. The van der Waals surface area contributed by atoms with Gasteiger partial charge in [0.15, 0.2) is 0 Å². The van der Waals surface area contributed by atoms with Crippen molar-refractivity contribution < 1.29 is 9.84 Å². The van der Waals surface area contributed by atoms with E-state index >= 15 is 0 Å². The number of likely N-dealkylation sites (tertiary alicyclic amines) is 1. The van der Waals surface area contributed by atoms with E-state index in [1.165, 1.54) is 5.56 Å². The Hall–Kier alpha value is -1.21. The highest BCUT2D eigenvalue weighted by atomic mass is 16.5. The van der Waals surface area contributed by atoms with Crippen molar-refractivity contribution in [1.82, 2.24) is 9.88 Å². The second kappa shape index (κ2) is 7.40. The molecule has 6 nitrogen and oxygen atoms in total. The lowest BCUT2D eigenvalue weighted by Gasteiger charge is -2.31. The van der Waals surface area contributed by atoms with Gasteiger partial charge in [-0.2, -0.15) is 0 Å². The number of nitrogen functional groups attached to an aromatic ring is 1. The molecule has 1 saturated heterocycles. The van der Waals surface area contributed by atoms with E-state index in [1.54, 1.807) is 0 Å². The number of ether oxygens (including phenoxy) is 1. The topological polar surface area (TPSA) is 83.6 Å². The SMILES string of the molecule is NNc1ccc(CN2CCC(OCCO)CC2)cn1. The summed E-state index contributed by atoms with van der Waals surface area (Å²) in [7, 11) is 0. The van der Waals surface area contributed by atoms with Gasteiger partial charge in [-0.05, 0) is 24.5 Å². The van der Waals surface area contributed by atoms with Crippen LogP contribution in [0, 0.1) is 0 Å². The lowest BCUT2D eigenvalue weighted by molar-refractivity contribution is -0.00902. The third kappa shape index (κ3) is 4.43. The monoisotopic (exact) mass is 266 g/mol. The van der Waals surface area contributed by atoms with Crippen molar-refractivity contribution in [2.75, 3.05) is 31.7 Å². The molecule has 0 spiro atoms. The molecule has 4 N–H and O–H groups in total. The molecule has 1 aliphatic heterocycles. The Morgan fingerprint density at radius 2 is 2.21 bits per heavy atom. The standard InChI is InChI=1S/C13H22N4O2/c14-16-13-2-1-11(9-15-13)10-17-5-3-12(4-6-17)19-8-7-18/h1-2,9,12,18H,3-8,10,14H2,(H,15,16). The number of hydrogen-bond acceptors (Lipinski definition) is 6. The van der Waals surface area contributed by atoms with Crippen LogP contribution in [-0.4, -0.2) is 47.4 Å². The molecule has 0 atom stereocenters. The van der Waals surface area contributed by atoms with Gasteiger partial charge in [0.25, 0.3) is 0 Å². The number of hydrazine groups is 1. The molecule has 106 valence electrons. The molecule has 0 radical (unpaired) electrons. The zero-order valence-corrected chi connectivity index (χ0v) is 11.1. The van der Waals surface area contributed by atoms with Crippen LogP contribution in [0.1, 0.15) is 18.4 Å². The highest BCUT2D eigenvalue weighted by molar-refractivity contribution is 5.33. The van der Waals surface area contributed by atoms with Crippen molar-refractivity contribution >= 4 is 5.82 Å². The smallest absolute Gasteiger partial charge is 0.139 e. The number of anilines is 1. The van der Waals surface area contributed by atoms with Crippen molar-refractivity contribution in [3.8, 4) is 0 Å². The minimum Gasteiger partial charge on any atom is -0.394 e. The van der Waals surface area contributed by atoms with Gasteiger partial charge in [0, 0.05) is 25.8 Å². The zero-order valence-electron chi connectivity index (χ0n) is 11.1. The van der Waals surface area contributed by atoms with Gasteiger partial charge in [-0.25, -0.2) is 10.8 Å². The van der Waals surface area contributed by atoms with Gasteiger partial charge in [0.05, 0.1) is 19.3 Å². The van der Waals surface area contributed by atoms with Crippen LogP contribution in [0.4, 0.5) is 5.82 Å². The molecule has 2 heterocycles. The molecule has 0 unspecified atom stereocenters. The van der Waals surface area contributed by atoms with E-state index in [2.05, 4.69) is 15.3 Å². The Labute approximate surface area is 113 Å². The first-order valence-corrected chi connectivity index (χ1v) is 6.68. The Bertz CT molecular complexity index is 363. The predicted octanol–water partition coefficient (Wildman–Crippen LogP) is 0.340. The molecule has 0 saturated carbocycles. The van der Waals surface area contributed by atoms with Gasteiger partial charge in [-0.1, -0.05) is 6.07 Å². The molecule has 0 amide bonds. The molecule has 1 fully saturated rings. The molecule has 19 heavy (non-hydrogen) atoms. The quantitative estimate of drug-likeness (QED) is 0.509. The average Bonchev–Trinajstić information content (AvgIpc) is 2.47. The number of rotatable bonds is 6. The molecule has 0 aromatic carbocycles. The van der Waals surface area contributed by atoms with Crippen molar-refractivity contribution in [2.24, 2.45) is 5.84 Å². The molecular formula is C13H22N4O2. The summed E-state index contributed by atoms with van der Waals surface area (Å²) in [5.41, 5.74) is 3.71. The van der Waals surface area contributed by atoms with Gasteiger partial charge in [0.2, 0.25) is 0 Å². The number of nitrogens with one attached hydrogen (secondary N) is 1. The van der Waals surface area contributed by atoms with E-state index in [1.807, 2.05) is 18.3 Å². The number of nitrogens with two attached hydrogens (primary N) is 1. The summed E-state index contributed by atoms with van der Waals surface area (Å²) in [6.07, 6.45) is 4.19. The first-order chi connectivity index (χ1) is 9.31. The summed E-state index contributed by atoms with van der Waals surface area (Å²) < 4.78 is 5.55. The highest BCUT2D eigenvalue weighted by Gasteiger charge is 2.19. The van der Waals surface area contributed by atoms with E-state index in [9.17, 15) is 0 Å². The summed E-state index contributed by atoms with van der Waals surface area (Å²) in [6, 6.07) is 3.92. The first-order valence-electron chi connectivity index (χ1n) is 6.68. The number of nitrogens with zero attached hydrogens (tertiary/aromatic N) is 2. The third-order valence-corrected chi connectivity index (χ3v) is 3.36. The fourth-order valence-electron chi connectivity index (χ4n) is 2.32. The fraction of sp³-hybridized carbons (Fsp3) is 0.615. The van der Waals surface area contributed by atoms with Crippen molar-refractivity contribution in [2.45, 2.75) is 25.5 Å². The first kappa shape index (κ1) is 14.2. The molecular weight excluding hydrogens is 244 g/mol. The van der Waals surface area contributed by atoms with Crippen LogP contribution in [0.15, 0.2) is 18.3 Å². The summed E-state index contributed by atoms with van der Waals surface area (Å²) in [5, 5.41) is 8.73. The van der Waals surface area contributed by atoms with Gasteiger partial charge in [-0.3, -0.25) is 4.90 Å². The Morgan fingerprint density at radius 3 is 2.79 bits per heavy atom. The van der Waals surface area contributed by atoms with Crippen LogP contribution in [0.25, 0.3) is 0 Å². The minimum atomic E-state index is 0.105. The van der Waals surface area contributed by atoms with Crippen LogP contribution < -0.4 is 11.3 Å². The number of aliphatic hydroxyl groups is 1. The van der Waals surface area contributed by atoms with Gasteiger partial charge >= 0.3 is 0 Å². The molecule has 0 aliphatic carbocycles.